The molecule has 1 fully saturated rings. The molecule has 3 aromatic rings. The predicted molar refractivity (Wildman–Crippen MR) is 165 cm³/mol. The van der Waals surface area contributed by atoms with Gasteiger partial charge in [-0.05, 0) is 62.9 Å². The van der Waals surface area contributed by atoms with E-state index in [2.05, 4.69) is 32.7 Å². The van der Waals surface area contributed by atoms with E-state index in [1.165, 1.54) is 35.1 Å². The van der Waals surface area contributed by atoms with Gasteiger partial charge in [0.15, 0.2) is 4.80 Å². The summed E-state index contributed by atoms with van der Waals surface area (Å²) in [6.07, 6.45) is 3.73. The van der Waals surface area contributed by atoms with Gasteiger partial charge in [0, 0.05) is 46.5 Å². The highest BCUT2D eigenvalue weighted by Gasteiger charge is 2.35. The number of fused-ring (bicyclic) bond motifs is 1. The zero-order chi connectivity index (χ0) is 30.1. The Bertz CT molecular complexity index is 1770. The van der Waals surface area contributed by atoms with Crippen LogP contribution < -0.4 is 24.5 Å². The van der Waals surface area contributed by atoms with Gasteiger partial charge in [-0.15, -0.1) is 0 Å². The van der Waals surface area contributed by atoms with Gasteiger partial charge in [-0.2, -0.15) is 0 Å². The van der Waals surface area contributed by atoms with Gasteiger partial charge in [-0.1, -0.05) is 34.2 Å². The maximum atomic E-state index is 14.2. The first-order chi connectivity index (χ1) is 20.1. The van der Waals surface area contributed by atoms with Crippen molar-refractivity contribution >= 4 is 50.7 Å². The number of anilines is 1. The van der Waals surface area contributed by atoms with Crippen LogP contribution in [-0.4, -0.2) is 42.3 Å². The summed E-state index contributed by atoms with van der Waals surface area (Å²) in [4.78, 5) is 45.9. The minimum absolute atomic E-state index is 0.0552. The van der Waals surface area contributed by atoms with Crippen LogP contribution in [0.4, 0.5) is 11.4 Å². The number of nitro groups is 1. The number of carbonyl (C=O) groups is 1. The van der Waals surface area contributed by atoms with Crippen molar-refractivity contribution < 1.29 is 19.2 Å². The predicted octanol–water partition coefficient (Wildman–Crippen LogP) is 4.71. The number of rotatable bonds is 7. The van der Waals surface area contributed by atoms with Crippen molar-refractivity contribution in [2.45, 2.75) is 39.7 Å². The van der Waals surface area contributed by atoms with Gasteiger partial charge >= 0.3 is 5.97 Å². The van der Waals surface area contributed by atoms with Crippen molar-refractivity contribution in [2.24, 2.45) is 10.9 Å². The summed E-state index contributed by atoms with van der Waals surface area (Å²) in [5.41, 5.74) is 2.27. The van der Waals surface area contributed by atoms with Crippen LogP contribution in [0.3, 0.4) is 0 Å². The third kappa shape index (κ3) is 5.65. The van der Waals surface area contributed by atoms with E-state index in [1.54, 1.807) is 32.1 Å². The molecule has 12 heteroatoms. The van der Waals surface area contributed by atoms with E-state index in [-0.39, 0.29) is 23.4 Å². The lowest BCUT2D eigenvalue weighted by molar-refractivity contribution is -0.384. The second-order valence-corrected chi connectivity index (χ2v) is 12.3. The molecule has 10 nitrogen and oxygen atoms in total. The number of esters is 1. The first-order valence-corrected chi connectivity index (χ1v) is 15.3. The van der Waals surface area contributed by atoms with Crippen molar-refractivity contribution in [1.29, 1.82) is 0 Å². The monoisotopic (exact) mass is 654 g/mol. The van der Waals surface area contributed by atoms with Gasteiger partial charge in [-0.3, -0.25) is 19.5 Å². The van der Waals surface area contributed by atoms with Crippen LogP contribution >= 0.6 is 27.3 Å². The van der Waals surface area contributed by atoms with Gasteiger partial charge in [0.05, 0.1) is 34.4 Å². The van der Waals surface area contributed by atoms with Crippen molar-refractivity contribution in [3.05, 3.63) is 93.1 Å². The fourth-order valence-corrected chi connectivity index (χ4v) is 6.87. The number of hydrogen-bond acceptors (Lipinski definition) is 9. The highest BCUT2D eigenvalue weighted by Crippen LogP contribution is 2.37. The number of piperidine rings is 1. The topological polar surface area (TPSA) is 116 Å². The molecular formula is C30H31BrN4O6S. The van der Waals surface area contributed by atoms with E-state index < -0.39 is 16.9 Å². The number of hydrogen-bond donors (Lipinski definition) is 0. The molecule has 0 radical (unpaired) electrons. The average molecular weight is 656 g/mol. The second-order valence-electron chi connectivity index (χ2n) is 10.4. The van der Waals surface area contributed by atoms with E-state index in [4.69, 9.17) is 9.47 Å². The molecule has 2 aromatic carbocycles. The molecule has 42 heavy (non-hydrogen) atoms. The molecule has 0 bridgehead atoms. The Morgan fingerprint density at radius 2 is 1.98 bits per heavy atom. The van der Waals surface area contributed by atoms with E-state index in [9.17, 15) is 19.7 Å². The number of halogens is 1. The number of aromatic nitrogens is 1. The fraction of sp³-hybridized carbons (Fsp3) is 0.367. The third-order valence-corrected chi connectivity index (χ3v) is 9.11. The number of non-ortho nitro benzene ring substituents is 1. The molecular weight excluding hydrogens is 624 g/mol. The Balaban J connectivity index is 1.74. The van der Waals surface area contributed by atoms with Crippen LogP contribution in [0.1, 0.15) is 50.8 Å². The first kappa shape index (κ1) is 29.7. The minimum atomic E-state index is -0.858. The smallest absolute Gasteiger partial charge is 0.338 e. The van der Waals surface area contributed by atoms with Crippen LogP contribution in [0.15, 0.2) is 61.9 Å². The Morgan fingerprint density at radius 3 is 2.64 bits per heavy atom. The summed E-state index contributed by atoms with van der Waals surface area (Å²) >= 11 is 4.68. The highest BCUT2D eigenvalue weighted by atomic mass is 79.9. The maximum Gasteiger partial charge on any atom is 0.338 e. The Hall–Kier alpha value is -3.77. The molecule has 220 valence electrons. The molecule has 0 saturated carbocycles. The quantitative estimate of drug-likeness (QED) is 0.206. The zero-order valence-corrected chi connectivity index (χ0v) is 26.2. The van der Waals surface area contributed by atoms with Crippen molar-refractivity contribution in [3.63, 3.8) is 0 Å². The maximum absolute atomic E-state index is 14.2. The molecule has 1 atom stereocenters. The minimum Gasteiger partial charge on any atom is -0.496 e. The van der Waals surface area contributed by atoms with Crippen LogP contribution in [0.2, 0.25) is 0 Å². The summed E-state index contributed by atoms with van der Waals surface area (Å²) in [5.74, 6) is 0.535. The molecule has 2 aliphatic rings. The number of nitro benzene ring substituents is 1. The van der Waals surface area contributed by atoms with E-state index in [0.29, 0.717) is 37.8 Å². The summed E-state index contributed by atoms with van der Waals surface area (Å²) in [6, 6.07) is 9.31. The third-order valence-electron chi connectivity index (χ3n) is 7.64. The van der Waals surface area contributed by atoms with Gasteiger partial charge in [0.25, 0.3) is 11.2 Å². The highest BCUT2D eigenvalue weighted by molar-refractivity contribution is 9.10. The van der Waals surface area contributed by atoms with Crippen molar-refractivity contribution in [3.8, 4) is 5.75 Å². The van der Waals surface area contributed by atoms with Crippen molar-refractivity contribution in [1.82, 2.24) is 4.57 Å². The number of methoxy groups -OCH3 is 1. The second kappa shape index (κ2) is 12.2. The van der Waals surface area contributed by atoms with Crippen LogP contribution in [0.25, 0.3) is 6.08 Å². The number of ether oxygens (including phenoxy) is 2. The van der Waals surface area contributed by atoms with E-state index in [0.717, 1.165) is 36.1 Å². The molecule has 1 saturated heterocycles. The van der Waals surface area contributed by atoms with Gasteiger partial charge in [-0.25, -0.2) is 9.79 Å². The lowest BCUT2D eigenvalue weighted by Crippen LogP contribution is -2.40. The SMILES string of the molecule is CCOC(=O)C1=C(C)N=c2s/c(=C\c3cc([N+](=O)[O-])ccc3N3CCC(C)CC3)c(=O)n2[C@H]1c1cc(Br)ccc1OC. The largest absolute Gasteiger partial charge is 0.496 e. The molecule has 0 unspecified atom stereocenters. The van der Waals surface area contributed by atoms with E-state index >= 15 is 0 Å². The van der Waals surface area contributed by atoms with E-state index in [1.807, 2.05) is 12.1 Å². The molecule has 5 rings (SSSR count). The van der Waals surface area contributed by atoms with Gasteiger partial charge < -0.3 is 14.4 Å². The Kier molecular flexibility index (Phi) is 8.65. The number of nitrogens with zero attached hydrogens (tertiary/aromatic N) is 4. The Labute approximate surface area is 254 Å². The van der Waals surface area contributed by atoms with Gasteiger partial charge in [0.2, 0.25) is 0 Å². The summed E-state index contributed by atoms with van der Waals surface area (Å²) in [6.45, 7) is 7.47. The van der Waals surface area contributed by atoms with Crippen molar-refractivity contribution in [2.75, 3.05) is 31.7 Å². The first-order valence-electron chi connectivity index (χ1n) is 13.7. The Morgan fingerprint density at radius 1 is 1.24 bits per heavy atom. The lowest BCUT2D eigenvalue weighted by Gasteiger charge is -2.33. The molecule has 3 heterocycles. The normalized spacial score (nSPS) is 17.6. The molecule has 0 spiro atoms. The lowest BCUT2D eigenvalue weighted by atomic mass is 9.95. The molecule has 2 aliphatic heterocycles. The number of benzene rings is 2. The molecule has 0 aliphatic carbocycles. The summed E-state index contributed by atoms with van der Waals surface area (Å²) in [7, 11) is 1.53. The summed E-state index contributed by atoms with van der Waals surface area (Å²) in [5, 5.41) is 11.7. The number of carbonyl (C=O) groups excluding carboxylic acids is 1. The zero-order valence-electron chi connectivity index (χ0n) is 23.8. The number of allylic oxidation sites excluding steroid dienone is 1. The van der Waals surface area contributed by atoms with Crippen LogP contribution in [0.5, 0.6) is 5.75 Å². The molecule has 0 N–H and O–H groups in total. The van der Waals surface area contributed by atoms with Crippen LogP contribution in [0, 0.1) is 16.0 Å². The standard InChI is InChI=1S/C30H31BrN4O6S/c1-5-41-29(37)26-18(3)32-30-34(27(26)22-16-20(31)6-9-24(22)40-4)28(36)25(42-30)15-19-14-21(35(38)39)7-8-23(19)33-12-10-17(2)11-13-33/h6-9,14-17,27H,5,10-13H2,1-4H3/b25-15-/t27-/m0/s1. The molecule has 0 amide bonds. The van der Waals surface area contributed by atoms with Gasteiger partial charge in [0.1, 0.15) is 11.8 Å². The fourth-order valence-electron chi connectivity index (χ4n) is 5.45. The summed E-state index contributed by atoms with van der Waals surface area (Å²) < 4.78 is 13.6. The molecule has 1 aromatic heterocycles. The average Bonchev–Trinajstić information content (AvgIpc) is 3.26. The van der Waals surface area contributed by atoms with Crippen LogP contribution in [-0.2, 0) is 9.53 Å². The number of thiazole rings is 1.